The van der Waals surface area contributed by atoms with Crippen molar-refractivity contribution >= 4 is 27.5 Å². The van der Waals surface area contributed by atoms with Crippen LogP contribution in [0.15, 0.2) is 22.8 Å². The number of nitrogens with one attached hydrogen (secondary N) is 1. The number of pyridine rings is 1. The summed E-state index contributed by atoms with van der Waals surface area (Å²) >= 11 is 3.44. The molecule has 0 spiro atoms. The van der Waals surface area contributed by atoms with E-state index in [1.54, 1.807) is 4.52 Å². The molecule has 6 heteroatoms. The molecule has 2 aromatic rings. The van der Waals surface area contributed by atoms with E-state index in [2.05, 4.69) is 57.0 Å². The van der Waals surface area contributed by atoms with E-state index in [0.29, 0.717) is 12.0 Å². The van der Waals surface area contributed by atoms with Gasteiger partial charge in [-0.15, -0.1) is 5.10 Å². The first-order valence-corrected chi connectivity index (χ1v) is 8.42. The first kappa shape index (κ1) is 16.2. The van der Waals surface area contributed by atoms with Gasteiger partial charge in [-0.2, -0.15) is 4.98 Å². The van der Waals surface area contributed by atoms with Crippen LogP contribution in [0.4, 0.5) is 5.95 Å². The molecule has 2 heterocycles. The molecule has 2 aromatic heterocycles. The van der Waals surface area contributed by atoms with E-state index in [0.717, 1.165) is 36.2 Å². The topological polar surface area (TPSA) is 45.5 Å². The van der Waals surface area contributed by atoms with Gasteiger partial charge < -0.3 is 10.2 Å². The molecule has 0 saturated heterocycles. The normalized spacial score (nSPS) is 13.0. The van der Waals surface area contributed by atoms with Crippen molar-refractivity contribution in [2.24, 2.45) is 0 Å². The molecule has 116 valence electrons. The molecule has 0 aliphatic carbocycles. The SMILES string of the molecule is CCN(CC)CCCC(C)Nc1nc2ccc(Br)cn2n1. The van der Waals surface area contributed by atoms with Crippen LogP contribution >= 0.6 is 15.9 Å². The van der Waals surface area contributed by atoms with Crippen LogP contribution in [-0.4, -0.2) is 45.2 Å². The summed E-state index contributed by atoms with van der Waals surface area (Å²) in [5.74, 6) is 0.698. The van der Waals surface area contributed by atoms with Crippen LogP contribution in [0.25, 0.3) is 5.65 Å². The lowest BCUT2D eigenvalue weighted by Crippen LogP contribution is -2.25. The molecule has 0 saturated carbocycles. The number of anilines is 1. The summed E-state index contributed by atoms with van der Waals surface area (Å²) in [5, 5.41) is 7.83. The smallest absolute Gasteiger partial charge is 0.243 e. The summed E-state index contributed by atoms with van der Waals surface area (Å²) in [4.78, 5) is 6.93. The van der Waals surface area contributed by atoms with Crippen LogP contribution in [-0.2, 0) is 0 Å². The van der Waals surface area contributed by atoms with Crippen molar-refractivity contribution in [1.29, 1.82) is 0 Å². The van der Waals surface area contributed by atoms with Crippen LogP contribution in [0.3, 0.4) is 0 Å². The summed E-state index contributed by atoms with van der Waals surface area (Å²) < 4.78 is 2.79. The quantitative estimate of drug-likeness (QED) is 0.789. The molecule has 0 radical (unpaired) electrons. The minimum atomic E-state index is 0.376. The molecule has 1 atom stereocenters. The fourth-order valence-electron chi connectivity index (χ4n) is 2.37. The van der Waals surface area contributed by atoms with E-state index in [1.807, 2.05) is 18.3 Å². The summed E-state index contributed by atoms with van der Waals surface area (Å²) in [6, 6.07) is 4.30. The van der Waals surface area contributed by atoms with E-state index < -0.39 is 0 Å². The van der Waals surface area contributed by atoms with E-state index in [4.69, 9.17) is 0 Å². The number of aromatic nitrogens is 3. The molecule has 0 aromatic carbocycles. The maximum Gasteiger partial charge on any atom is 0.243 e. The van der Waals surface area contributed by atoms with Gasteiger partial charge in [0.2, 0.25) is 5.95 Å². The Balaban J connectivity index is 1.85. The fourth-order valence-corrected chi connectivity index (χ4v) is 2.70. The Morgan fingerprint density at radius 2 is 2.10 bits per heavy atom. The highest BCUT2D eigenvalue weighted by atomic mass is 79.9. The van der Waals surface area contributed by atoms with Gasteiger partial charge in [-0.3, -0.25) is 0 Å². The molecule has 21 heavy (non-hydrogen) atoms. The molecule has 0 bridgehead atoms. The highest BCUT2D eigenvalue weighted by molar-refractivity contribution is 9.10. The van der Waals surface area contributed by atoms with Crippen molar-refractivity contribution in [3.63, 3.8) is 0 Å². The second-order valence-corrected chi connectivity index (χ2v) is 6.22. The van der Waals surface area contributed by atoms with Gasteiger partial charge in [0, 0.05) is 16.7 Å². The Morgan fingerprint density at radius 1 is 1.33 bits per heavy atom. The molecule has 1 unspecified atom stereocenters. The molecule has 2 rings (SSSR count). The van der Waals surface area contributed by atoms with E-state index in [1.165, 1.54) is 6.42 Å². The van der Waals surface area contributed by atoms with Gasteiger partial charge in [-0.05, 0) is 67.5 Å². The Kier molecular flexibility index (Phi) is 5.99. The summed E-state index contributed by atoms with van der Waals surface area (Å²) in [6.45, 7) is 10.0. The summed E-state index contributed by atoms with van der Waals surface area (Å²) in [6.07, 6.45) is 4.23. The van der Waals surface area contributed by atoms with Crippen molar-refractivity contribution in [2.75, 3.05) is 25.0 Å². The molecule has 1 N–H and O–H groups in total. The molecular weight excluding hydrogens is 330 g/mol. The highest BCUT2D eigenvalue weighted by Gasteiger charge is 2.08. The minimum absolute atomic E-state index is 0.376. The number of halogens is 1. The molecular formula is C15H24BrN5. The van der Waals surface area contributed by atoms with Gasteiger partial charge in [0.25, 0.3) is 0 Å². The maximum absolute atomic E-state index is 4.48. The summed E-state index contributed by atoms with van der Waals surface area (Å²) in [7, 11) is 0. The predicted octanol–water partition coefficient (Wildman–Crippen LogP) is 3.41. The second kappa shape index (κ2) is 7.75. The largest absolute Gasteiger partial charge is 0.350 e. The van der Waals surface area contributed by atoms with Gasteiger partial charge in [0.15, 0.2) is 5.65 Å². The van der Waals surface area contributed by atoms with Crippen molar-refractivity contribution in [3.8, 4) is 0 Å². The number of hydrogen-bond acceptors (Lipinski definition) is 4. The summed E-state index contributed by atoms with van der Waals surface area (Å²) in [5.41, 5.74) is 0.857. The first-order valence-electron chi connectivity index (χ1n) is 7.63. The zero-order valence-electron chi connectivity index (χ0n) is 13.0. The minimum Gasteiger partial charge on any atom is -0.350 e. The standard InChI is InChI=1S/C15H24BrN5/c1-4-20(5-2)10-6-7-12(3)17-15-18-14-9-8-13(16)11-21(14)19-15/h8-9,11-12H,4-7,10H2,1-3H3,(H,17,19). The van der Waals surface area contributed by atoms with Crippen LogP contribution in [0.2, 0.25) is 0 Å². The third-order valence-electron chi connectivity index (χ3n) is 3.68. The zero-order valence-corrected chi connectivity index (χ0v) is 14.6. The van der Waals surface area contributed by atoms with Gasteiger partial charge in [0.1, 0.15) is 0 Å². The number of fused-ring (bicyclic) bond motifs is 1. The van der Waals surface area contributed by atoms with Crippen LogP contribution in [0.1, 0.15) is 33.6 Å². The van der Waals surface area contributed by atoms with Gasteiger partial charge in [0.05, 0.1) is 0 Å². The van der Waals surface area contributed by atoms with Crippen LogP contribution in [0.5, 0.6) is 0 Å². The number of rotatable bonds is 8. The number of nitrogens with zero attached hydrogens (tertiary/aromatic N) is 4. The first-order chi connectivity index (χ1) is 10.1. The molecule has 5 nitrogen and oxygen atoms in total. The highest BCUT2D eigenvalue weighted by Crippen LogP contribution is 2.13. The van der Waals surface area contributed by atoms with E-state index in [-0.39, 0.29) is 0 Å². The lowest BCUT2D eigenvalue weighted by atomic mass is 10.2. The third-order valence-corrected chi connectivity index (χ3v) is 4.15. The van der Waals surface area contributed by atoms with Crippen molar-refractivity contribution in [1.82, 2.24) is 19.5 Å². The second-order valence-electron chi connectivity index (χ2n) is 5.30. The Hall–Kier alpha value is -1.14. The molecule has 0 amide bonds. The monoisotopic (exact) mass is 353 g/mol. The maximum atomic E-state index is 4.48. The van der Waals surface area contributed by atoms with Crippen molar-refractivity contribution in [2.45, 2.75) is 39.7 Å². The molecule has 0 aliphatic heterocycles. The molecule has 0 fully saturated rings. The third kappa shape index (κ3) is 4.68. The predicted molar refractivity (Wildman–Crippen MR) is 90.8 cm³/mol. The van der Waals surface area contributed by atoms with Crippen molar-refractivity contribution in [3.05, 3.63) is 22.8 Å². The lowest BCUT2D eigenvalue weighted by Gasteiger charge is -2.19. The average Bonchev–Trinajstić information content (AvgIpc) is 2.84. The van der Waals surface area contributed by atoms with Gasteiger partial charge in [-0.25, -0.2) is 4.52 Å². The van der Waals surface area contributed by atoms with Gasteiger partial charge >= 0.3 is 0 Å². The lowest BCUT2D eigenvalue weighted by molar-refractivity contribution is 0.295. The van der Waals surface area contributed by atoms with Crippen LogP contribution < -0.4 is 5.32 Å². The average molecular weight is 354 g/mol. The van der Waals surface area contributed by atoms with Crippen LogP contribution in [0, 0.1) is 0 Å². The molecule has 0 aliphatic rings. The van der Waals surface area contributed by atoms with E-state index >= 15 is 0 Å². The fraction of sp³-hybridized carbons (Fsp3) is 0.600. The zero-order chi connectivity index (χ0) is 15.2. The number of hydrogen-bond donors (Lipinski definition) is 1. The Morgan fingerprint density at radius 3 is 2.81 bits per heavy atom. The Labute approximate surface area is 134 Å². The van der Waals surface area contributed by atoms with Crippen molar-refractivity contribution < 1.29 is 0 Å². The van der Waals surface area contributed by atoms with E-state index in [9.17, 15) is 0 Å². The van der Waals surface area contributed by atoms with Gasteiger partial charge in [-0.1, -0.05) is 13.8 Å². The Bertz CT molecular complexity index is 564.